The van der Waals surface area contributed by atoms with Gasteiger partial charge in [0.2, 0.25) is 0 Å². The summed E-state index contributed by atoms with van der Waals surface area (Å²) in [5.41, 5.74) is 0.493. The molecule has 0 fully saturated rings. The summed E-state index contributed by atoms with van der Waals surface area (Å²) in [6.07, 6.45) is 3.02. The van der Waals surface area contributed by atoms with Gasteiger partial charge in [-0.3, -0.25) is 4.79 Å². The van der Waals surface area contributed by atoms with Gasteiger partial charge in [-0.25, -0.2) is 9.97 Å². The Morgan fingerprint density at radius 1 is 1.18 bits per heavy atom. The Labute approximate surface area is 103 Å². The highest BCUT2D eigenvalue weighted by molar-refractivity contribution is 6.31. The van der Waals surface area contributed by atoms with E-state index in [-0.39, 0.29) is 5.82 Å². The van der Waals surface area contributed by atoms with E-state index in [1.54, 1.807) is 30.3 Å². The van der Waals surface area contributed by atoms with Gasteiger partial charge in [0, 0.05) is 17.4 Å². The van der Waals surface area contributed by atoms with Crippen LogP contribution >= 0.6 is 11.6 Å². The first kappa shape index (κ1) is 11.5. The second-order valence-electron chi connectivity index (χ2n) is 3.40. The number of aromatic nitrogens is 2. The number of hydrogen-bond donors (Lipinski definition) is 1. The Hall–Kier alpha value is -1.94. The van der Waals surface area contributed by atoms with E-state index < -0.39 is 11.9 Å². The molecular formula is C12H9ClN2O2. The van der Waals surface area contributed by atoms with Crippen LogP contribution in [-0.2, 0) is 4.79 Å². The highest BCUT2D eigenvalue weighted by Gasteiger charge is 2.26. The van der Waals surface area contributed by atoms with Crippen LogP contribution in [0.15, 0.2) is 42.7 Å². The maximum atomic E-state index is 11.3. The summed E-state index contributed by atoms with van der Waals surface area (Å²) in [7, 11) is 0. The molecule has 0 aliphatic carbocycles. The number of aliphatic carboxylic acids is 1. The zero-order valence-electron chi connectivity index (χ0n) is 8.75. The molecule has 2 aromatic rings. The maximum Gasteiger partial charge on any atom is 0.318 e. The molecule has 5 heteroatoms. The molecular weight excluding hydrogens is 240 g/mol. The predicted octanol–water partition coefficient (Wildman–Crippen LogP) is 2.35. The third-order valence-electron chi connectivity index (χ3n) is 2.31. The Kier molecular flexibility index (Phi) is 3.35. The lowest BCUT2D eigenvalue weighted by molar-refractivity contribution is -0.137. The summed E-state index contributed by atoms with van der Waals surface area (Å²) in [6.45, 7) is 0. The highest BCUT2D eigenvalue weighted by Crippen LogP contribution is 2.28. The largest absolute Gasteiger partial charge is 0.480 e. The van der Waals surface area contributed by atoms with Crippen molar-refractivity contribution in [2.75, 3.05) is 0 Å². The van der Waals surface area contributed by atoms with Gasteiger partial charge in [-0.2, -0.15) is 0 Å². The van der Waals surface area contributed by atoms with Crippen molar-refractivity contribution in [3.63, 3.8) is 0 Å². The Morgan fingerprint density at radius 3 is 2.41 bits per heavy atom. The lowest BCUT2D eigenvalue weighted by atomic mass is 9.98. The van der Waals surface area contributed by atoms with Crippen molar-refractivity contribution < 1.29 is 9.90 Å². The van der Waals surface area contributed by atoms with Crippen molar-refractivity contribution in [1.82, 2.24) is 9.97 Å². The SMILES string of the molecule is O=C(O)C(c1ncccn1)c1ccccc1Cl. The standard InChI is InChI=1S/C12H9ClN2O2/c13-9-5-2-1-4-8(9)10(12(16)17)11-14-6-3-7-15-11/h1-7,10H,(H,16,17). The molecule has 0 bridgehead atoms. The molecule has 86 valence electrons. The average molecular weight is 249 g/mol. The maximum absolute atomic E-state index is 11.3. The van der Waals surface area contributed by atoms with Crippen LogP contribution in [0.3, 0.4) is 0 Å². The van der Waals surface area contributed by atoms with Gasteiger partial charge in [0.25, 0.3) is 0 Å². The fourth-order valence-corrected chi connectivity index (χ4v) is 1.80. The first-order valence-electron chi connectivity index (χ1n) is 4.94. The lowest BCUT2D eigenvalue weighted by Gasteiger charge is -2.12. The minimum Gasteiger partial charge on any atom is -0.480 e. The molecule has 1 aromatic carbocycles. The fraction of sp³-hybridized carbons (Fsp3) is 0.0833. The molecule has 0 aliphatic heterocycles. The van der Waals surface area contributed by atoms with Gasteiger partial charge in [-0.1, -0.05) is 29.8 Å². The summed E-state index contributed by atoms with van der Waals surface area (Å²) in [5.74, 6) is -1.73. The molecule has 0 amide bonds. The predicted molar refractivity (Wildman–Crippen MR) is 63.0 cm³/mol. The minimum absolute atomic E-state index is 0.230. The van der Waals surface area contributed by atoms with Crippen LogP contribution in [0.2, 0.25) is 5.02 Å². The van der Waals surface area contributed by atoms with Crippen LogP contribution in [0.25, 0.3) is 0 Å². The van der Waals surface area contributed by atoms with Crippen molar-refractivity contribution in [2.45, 2.75) is 5.92 Å². The number of hydrogen-bond acceptors (Lipinski definition) is 3. The van der Waals surface area contributed by atoms with Crippen LogP contribution in [0.5, 0.6) is 0 Å². The van der Waals surface area contributed by atoms with E-state index in [4.69, 9.17) is 11.6 Å². The van der Waals surface area contributed by atoms with Gasteiger partial charge in [-0.05, 0) is 17.7 Å². The molecule has 0 spiro atoms. The molecule has 0 saturated carbocycles. The first-order chi connectivity index (χ1) is 8.20. The number of carboxylic acid groups (broad SMARTS) is 1. The van der Waals surface area contributed by atoms with Crippen LogP contribution in [-0.4, -0.2) is 21.0 Å². The van der Waals surface area contributed by atoms with E-state index in [1.165, 1.54) is 12.4 Å². The molecule has 4 nitrogen and oxygen atoms in total. The molecule has 1 aromatic heterocycles. The molecule has 0 aliphatic rings. The summed E-state index contributed by atoms with van der Waals surface area (Å²) in [5, 5.41) is 9.66. The topological polar surface area (TPSA) is 63.1 Å². The quantitative estimate of drug-likeness (QED) is 0.906. The third kappa shape index (κ3) is 2.42. The summed E-state index contributed by atoms with van der Waals surface area (Å²) in [6, 6.07) is 8.43. The number of carbonyl (C=O) groups is 1. The highest BCUT2D eigenvalue weighted by atomic mass is 35.5. The van der Waals surface area contributed by atoms with Crippen molar-refractivity contribution in [1.29, 1.82) is 0 Å². The number of halogens is 1. The van der Waals surface area contributed by atoms with E-state index in [2.05, 4.69) is 9.97 Å². The van der Waals surface area contributed by atoms with Crippen LogP contribution < -0.4 is 0 Å². The molecule has 0 saturated heterocycles. The van der Waals surface area contributed by atoms with Gasteiger partial charge in [0.15, 0.2) is 0 Å². The van der Waals surface area contributed by atoms with E-state index in [0.717, 1.165) is 0 Å². The molecule has 1 heterocycles. The number of benzene rings is 1. The number of rotatable bonds is 3. The zero-order chi connectivity index (χ0) is 12.3. The van der Waals surface area contributed by atoms with Crippen molar-refractivity contribution >= 4 is 17.6 Å². The molecule has 1 unspecified atom stereocenters. The van der Waals surface area contributed by atoms with Gasteiger partial charge in [0.1, 0.15) is 11.7 Å². The Balaban J connectivity index is 2.51. The van der Waals surface area contributed by atoms with Crippen LogP contribution in [0.1, 0.15) is 17.3 Å². The summed E-state index contributed by atoms with van der Waals surface area (Å²) in [4.78, 5) is 19.2. The van der Waals surface area contributed by atoms with Gasteiger partial charge in [0.05, 0.1) is 0 Å². The third-order valence-corrected chi connectivity index (χ3v) is 2.65. The molecule has 2 rings (SSSR count). The van der Waals surface area contributed by atoms with E-state index in [0.29, 0.717) is 10.6 Å². The van der Waals surface area contributed by atoms with Gasteiger partial charge in [-0.15, -0.1) is 0 Å². The van der Waals surface area contributed by atoms with E-state index >= 15 is 0 Å². The molecule has 0 radical (unpaired) electrons. The Morgan fingerprint density at radius 2 is 1.82 bits per heavy atom. The summed E-state index contributed by atoms with van der Waals surface area (Å²) < 4.78 is 0. The number of nitrogens with zero attached hydrogens (tertiary/aromatic N) is 2. The van der Waals surface area contributed by atoms with Crippen molar-refractivity contribution in [3.8, 4) is 0 Å². The lowest BCUT2D eigenvalue weighted by Crippen LogP contribution is -2.16. The second-order valence-corrected chi connectivity index (χ2v) is 3.81. The molecule has 17 heavy (non-hydrogen) atoms. The minimum atomic E-state index is -1.02. The van der Waals surface area contributed by atoms with Crippen molar-refractivity contribution in [2.24, 2.45) is 0 Å². The van der Waals surface area contributed by atoms with E-state index in [1.807, 2.05) is 0 Å². The van der Waals surface area contributed by atoms with Crippen LogP contribution in [0.4, 0.5) is 0 Å². The van der Waals surface area contributed by atoms with Gasteiger partial charge >= 0.3 is 5.97 Å². The monoisotopic (exact) mass is 248 g/mol. The van der Waals surface area contributed by atoms with E-state index in [9.17, 15) is 9.90 Å². The molecule has 1 N–H and O–H groups in total. The normalized spacial score (nSPS) is 12.1. The second kappa shape index (κ2) is 4.93. The first-order valence-corrected chi connectivity index (χ1v) is 5.32. The fourth-order valence-electron chi connectivity index (χ4n) is 1.55. The van der Waals surface area contributed by atoms with Gasteiger partial charge < -0.3 is 5.11 Å². The van der Waals surface area contributed by atoms with Crippen LogP contribution in [0, 0.1) is 0 Å². The number of carboxylic acids is 1. The summed E-state index contributed by atoms with van der Waals surface area (Å²) >= 11 is 5.99. The Bertz CT molecular complexity index is 531. The average Bonchev–Trinajstić information content (AvgIpc) is 2.33. The smallest absolute Gasteiger partial charge is 0.318 e. The molecule has 1 atom stereocenters. The van der Waals surface area contributed by atoms with Crippen molar-refractivity contribution in [3.05, 3.63) is 59.1 Å². The zero-order valence-corrected chi connectivity index (χ0v) is 9.50.